The molecule has 0 saturated carbocycles. The second kappa shape index (κ2) is 2.87. The van der Waals surface area contributed by atoms with E-state index in [2.05, 4.69) is 15.9 Å². The highest BCUT2D eigenvalue weighted by atomic mass is 127. The highest BCUT2D eigenvalue weighted by Gasteiger charge is 1.96. The van der Waals surface area contributed by atoms with E-state index in [1.54, 1.807) is 10.1 Å². The molecular weight excluding hydrogens is 286 g/mol. The molecular formula is C5H3BrFI. The highest BCUT2D eigenvalue weighted by Crippen LogP contribution is 2.21. The molecule has 0 saturated heterocycles. The van der Waals surface area contributed by atoms with Crippen molar-refractivity contribution < 1.29 is 4.39 Å². The van der Waals surface area contributed by atoms with Gasteiger partial charge in [0.1, 0.15) is 5.83 Å². The summed E-state index contributed by atoms with van der Waals surface area (Å²) in [5.74, 6) is -0.111. The summed E-state index contributed by atoms with van der Waals surface area (Å²) in [7, 11) is 0. The topological polar surface area (TPSA) is 0 Å². The van der Waals surface area contributed by atoms with Crippen molar-refractivity contribution in [2.45, 2.75) is 0 Å². The molecule has 0 aromatic rings. The van der Waals surface area contributed by atoms with E-state index < -0.39 is 0 Å². The van der Waals surface area contributed by atoms with Gasteiger partial charge in [-0.1, -0.05) is 20.7 Å². The Labute approximate surface area is 65.3 Å². The maximum Gasteiger partial charge on any atom is 0.143 e. The Hall–Kier alpha value is 0.490. The van der Waals surface area contributed by atoms with Gasteiger partial charge >= 0.3 is 0 Å². The maximum absolute atomic E-state index is 12.3. The fourth-order valence-corrected chi connectivity index (χ4v) is 2.91. The predicted molar refractivity (Wildman–Crippen MR) is 46.3 cm³/mol. The van der Waals surface area contributed by atoms with Gasteiger partial charge in [0, 0.05) is 4.01 Å². The fraction of sp³-hybridized carbons (Fsp3) is 0. The Morgan fingerprint density at radius 1 is 1.62 bits per heavy atom. The molecule has 0 aromatic heterocycles. The third-order valence-corrected chi connectivity index (χ3v) is 2.99. The van der Waals surface area contributed by atoms with Crippen molar-refractivity contribution in [2.75, 3.05) is 0 Å². The number of halogens is 3. The van der Waals surface area contributed by atoms with Crippen LogP contribution in [0.15, 0.2) is 20.5 Å². The predicted octanol–water partition coefficient (Wildman–Crippen LogP) is 2.86. The average Bonchev–Trinajstić information content (AvgIpc) is 1.77. The van der Waals surface area contributed by atoms with Crippen LogP contribution < -0.4 is 0 Å². The SMILES string of the molecule is FC1=C(Br)C=CI=C1. The van der Waals surface area contributed by atoms with E-state index in [0.29, 0.717) is 4.48 Å². The van der Waals surface area contributed by atoms with Crippen LogP contribution in [0.5, 0.6) is 0 Å². The summed E-state index contributed by atoms with van der Waals surface area (Å²) in [6.07, 6.45) is 1.77. The molecule has 0 atom stereocenters. The molecule has 3 heteroatoms. The standard InChI is InChI=1S/C5H3BrFI/c6-4-1-2-8-3-5(4)7/h1-3H. The van der Waals surface area contributed by atoms with Gasteiger partial charge in [-0.05, 0) is 26.1 Å². The molecule has 0 fully saturated rings. The van der Waals surface area contributed by atoms with Crippen LogP contribution in [0.4, 0.5) is 4.39 Å². The smallest absolute Gasteiger partial charge is 0.143 e. The zero-order chi connectivity index (χ0) is 5.98. The van der Waals surface area contributed by atoms with E-state index in [0.717, 1.165) is 0 Å². The third kappa shape index (κ3) is 1.48. The minimum Gasteiger partial charge on any atom is -0.205 e. The van der Waals surface area contributed by atoms with Gasteiger partial charge in [-0.25, -0.2) is 4.39 Å². The molecule has 0 unspecified atom stereocenters. The molecule has 8 heavy (non-hydrogen) atoms. The molecule has 1 rings (SSSR count). The van der Waals surface area contributed by atoms with Crippen LogP contribution in [0.3, 0.4) is 0 Å². The van der Waals surface area contributed by atoms with E-state index in [1.807, 2.05) is 4.08 Å². The number of hydrogen-bond acceptors (Lipinski definition) is 0. The summed E-state index contributed by atoms with van der Waals surface area (Å²) in [5, 5.41) is 0. The molecule has 0 amide bonds. The van der Waals surface area contributed by atoms with Crippen LogP contribution in [0, 0.1) is 0 Å². The largest absolute Gasteiger partial charge is 0.205 e. The van der Waals surface area contributed by atoms with Gasteiger partial charge in [-0.15, -0.1) is 0 Å². The number of hydrogen-bond donors (Lipinski definition) is 0. The Balaban J connectivity index is 2.97. The van der Waals surface area contributed by atoms with Crippen LogP contribution in [-0.2, 0) is 0 Å². The van der Waals surface area contributed by atoms with E-state index in [4.69, 9.17) is 0 Å². The Morgan fingerprint density at radius 2 is 2.38 bits per heavy atom. The van der Waals surface area contributed by atoms with Gasteiger partial charge in [0.2, 0.25) is 0 Å². The first-order chi connectivity index (χ1) is 3.80. The summed E-state index contributed by atoms with van der Waals surface area (Å²) in [6.45, 7) is 0. The van der Waals surface area contributed by atoms with Crippen LogP contribution in [-0.4, -0.2) is 4.01 Å². The van der Waals surface area contributed by atoms with E-state index in [9.17, 15) is 4.39 Å². The minimum atomic E-state index is -0.121. The lowest BCUT2D eigenvalue weighted by Gasteiger charge is -1.92. The van der Waals surface area contributed by atoms with Crippen molar-refractivity contribution >= 4 is 40.7 Å². The average molecular weight is 289 g/mol. The first-order valence-electron chi connectivity index (χ1n) is 1.98. The lowest BCUT2D eigenvalue weighted by Crippen LogP contribution is -1.76. The lowest BCUT2D eigenvalue weighted by atomic mass is 10.5. The molecule has 44 valence electrons. The molecule has 0 bridgehead atoms. The van der Waals surface area contributed by atoms with E-state index >= 15 is 0 Å². The van der Waals surface area contributed by atoms with Crippen LogP contribution in [0.1, 0.15) is 0 Å². The monoisotopic (exact) mass is 288 g/mol. The van der Waals surface area contributed by atoms with Crippen LogP contribution >= 0.6 is 36.7 Å². The number of rotatable bonds is 0. The minimum absolute atomic E-state index is 0.111. The van der Waals surface area contributed by atoms with E-state index in [1.165, 1.54) is 0 Å². The van der Waals surface area contributed by atoms with Gasteiger partial charge in [0.15, 0.2) is 0 Å². The Bertz CT molecular complexity index is 161. The molecule has 0 N–H and O–H groups in total. The first-order valence-corrected chi connectivity index (χ1v) is 5.26. The number of allylic oxidation sites excluding steroid dienone is 3. The quantitative estimate of drug-likeness (QED) is 0.601. The highest BCUT2D eigenvalue weighted by molar-refractivity contribution is 14.2. The molecule has 0 aliphatic carbocycles. The second-order valence-electron chi connectivity index (χ2n) is 1.22. The Morgan fingerprint density at radius 3 is 2.75 bits per heavy atom. The van der Waals surface area contributed by atoms with Gasteiger partial charge in [0.25, 0.3) is 0 Å². The van der Waals surface area contributed by atoms with Gasteiger partial charge < -0.3 is 0 Å². The molecule has 1 heterocycles. The fourth-order valence-electron chi connectivity index (χ4n) is 0.315. The van der Waals surface area contributed by atoms with Crippen molar-refractivity contribution in [3.8, 4) is 0 Å². The van der Waals surface area contributed by atoms with E-state index in [-0.39, 0.29) is 26.6 Å². The Kier molecular flexibility index (Phi) is 2.37. The van der Waals surface area contributed by atoms with Gasteiger partial charge in [-0.3, -0.25) is 0 Å². The molecule has 1 aliphatic rings. The third-order valence-electron chi connectivity index (χ3n) is 0.669. The zero-order valence-electron chi connectivity index (χ0n) is 3.87. The van der Waals surface area contributed by atoms with Crippen molar-refractivity contribution in [3.63, 3.8) is 0 Å². The summed E-state index contributed by atoms with van der Waals surface area (Å²) in [4.78, 5) is 0. The second-order valence-corrected chi connectivity index (χ2v) is 4.14. The van der Waals surface area contributed by atoms with Crippen LogP contribution in [0.25, 0.3) is 0 Å². The first kappa shape index (κ1) is 6.61. The summed E-state index contributed by atoms with van der Waals surface area (Å²) in [6, 6.07) is 0. The summed E-state index contributed by atoms with van der Waals surface area (Å²) < 4.78 is 16.6. The molecule has 1 aliphatic heterocycles. The lowest BCUT2D eigenvalue weighted by molar-refractivity contribution is 0.688. The molecule has 0 radical (unpaired) electrons. The van der Waals surface area contributed by atoms with Crippen LogP contribution in [0.2, 0.25) is 0 Å². The summed E-state index contributed by atoms with van der Waals surface area (Å²) >= 11 is 2.94. The maximum atomic E-state index is 12.3. The van der Waals surface area contributed by atoms with Crippen molar-refractivity contribution in [2.24, 2.45) is 0 Å². The van der Waals surface area contributed by atoms with Crippen molar-refractivity contribution in [3.05, 3.63) is 20.5 Å². The molecule has 0 aromatic carbocycles. The summed E-state index contributed by atoms with van der Waals surface area (Å²) in [5.41, 5.74) is 0. The normalized spacial score (nSPS) is 18.8. The molecule has 0 nitrogen and oxygen atoms in total. The van der Waals surface area contributed by atoms with Crippen molar-refractivity contribution in [1.29, 1.82) is 0 Å². The zero-order valence-corrected chi connectivity index (χ0v) is 7.61. The van der Waals surface area contributed by atoms with Gasteiger partial charge in [-0.2, -0.15) is 0 Å². The van der Waals surface area contributed by atoms with Gasteiger partial charge in [0.05, 0.1) is 4.48 Å². The van der Waals surface area contributed by atoms with Crippen molar-refractivity contribution in [1.82, 2.24) is 0 Å². The molecule has 0 spiro atoms.